The van der Waals surface area contributed by atoms with Gasteiger partial charge in [-0.2, -0.15) is 0 Å². The minimum absolute atomic E-state index is 0.702. The first-order chi connectivity index (χ1) is 6.36. The Bertz CT molecular complexity index is 183. The molecule has 0 spiro atoms. The van der Waals surface area contributed by atoms with Gasteiger partial charge in [0.1, 0.15) is 0 Å². The zero-order valence-corrected chi connectivity index (χ0v) is 8.37. The van der Waals surface area contributed by atoms with Crippen molar-refractivity contribution in [1.82, 2.24) is 15.1 Å². The van der Waals surface area contributed by atoms with Crippen LogP contribution in [-0.2, 0) is 0 Å². The molecule has 0 amide bonds. The summed E-state index contributed by atoms with van der Waals surface area (Å²) in [6, 6.07) is 0.702. The molecule has 1 unspecified atom stereocenters. The van der Waals surface area contributed by atoms with Crippen molar-refractivity contribution in [3.05, 3.63) is 12.2 Å². The molecule has 3 nitrogen and oxygen atoms in total. The lowest BCUT2D eigenvalue weighted by atomic mass is 10.2. The Morgan fingerprint density at radius 2 is 2.15 bits per heavy atom. The predicted octanol–water partition coefficient (Wildman–Crippen LogP) is -0.238. The first-order valence-electron chi connectivity index (χ1n) is 5.14. The number of nitrogens with one attached hydrogen (secondary N) is 1. The third-order valence-corrected chi connectivity index (χ3v) is 3.01. The average molecular weight is 181 g/mol. The van der Waals surface area contributed by atoms with E-state index in [-0.39, 0.29) is 0 Å². The molecular weight excluding hydrogens is 162 g/mol. The van der Waals surface area contributed by atoms with Gasteiger partial charge in [-0.05, 0) is 7.05 Å². The molecule has 0 aliphatic carbocycles. The SMILES string of the molecule is CN1CCNCC1CN1CC=CC1. The second-order valence-corrected chi connectivity index (χ2v) is 4.03. The molecule has 2 heterocycles. The van der Waals surface area contributed by atoms with Crippen LogP contribution < -0.4 is 5.32 Å². The maximum atomic E-state index is 3.45. The molecule has 0 radical (unpaired) electrons. The molecule has 1 N–H and O–H groups in total. The Labute approximate surface area is 80.4 Å². The molecule has 1 saturated heterocycles. The van der Waals surface area contributed by atoms with Gasteiger partial charge in [0, 0.05) is 45.3 Å². The lowest BCUT2D eigenvalue weighted by Gasteiger charge is -2.35. The van der Waals surface area contributed by atoms with Crippen molar-refractivity contribution in [3.8, 4) is 0 Å². The van der Waals surface area contributed by atoms with E-state index in [9.17, 15) is 0 Å². The van der Waals surface area contributed by atoms with Gasteiger partial charge in [-0.25, -0.2) is 0 Å². The van der Waals surface area contributed by atoms with Crippen LogP contribution in [0.15, 0.2) is 12.2 Å². The number of nitrogens with zero attached hydrogens (tertiary/aromatic N) is 2. The summed E-state index contributed by atoms with van der Waals surface area (Å²) in [7, 11) is 2.23. The fourth-order valence-corrected chi connectivity index (χ4v) is 2.04. The van der Waals surface area contributed by atoms with E-state index in [0.29, 0.717) is 6.04 Å². The van der Waals surface area contributed by atoms with Gasteiger partial charge in [-0.15, -0.1) is 0 Å². The van der Waals surface area contributed by atoms with Crippen LogP contribution >= 0.6 is 0 Å². The fourth-order valence-electron chi connectivity index (χ4n) is 2.04. The van der Waals surface area contributed by atoms with E-state index in [2.05, 4.69) is 34.3 Å². The quantitative estimate of drug-likeness (QED) is 0.593. The van der Waals surface area contributed by atoms with Gasteiger partial charge in [-0.3, -0.25) is 9.80 Å². The fraction of sp³-hybridized carbons (Fsp3) is 0.800. The van der Waals surface area contributed by atoms with E-state index in [0.717, 1.165) is 26.2 Å². The zero-order valence-electron chi connectivity index (χ0n) is 8.37. The minimum atomic E-state index is 0.702. The maximum Gasteiger partial charge on any atom is 0.0345 e. The third-order valence-electron chi connectivity index (χ3n) is 3.01. The monoisotopic (exact) mass is 181 g/mol. The molecule has 0 saturated carbocycles. The number of hydrogen-bond donors (Lipinski definition) is 1. The molecule has 0 bridgehead atoms. The second-order valence-electron chi connectivity index (χ2n) is 4.03. The van der Waals surface area contributed by atoms with Crippen LogP contribution in [0.3, 0.4) is 0 Å². The number of hydrogen-bond acceptors (Lipinski definition) is 3. The highest BCUT2D eigenvalue weighted by molar-refractivity contribution is 4.96. The van der Waals surface area contributed by atoms with Crippen LogP contribution in [0.2, 0.25) is 0 Å². The standard InChI is InChI=1S/C10H19N3/c1-12-7-4-11-8-10(12)9-13-5-2-3-6-13/h2-3,10-11H,4-9H2,1H3. The molecule has 2 aliphatic heterocycles. The normalized spacial score (nSPS) is 31.3. The first-order valence-corrected chi connectivity index (χ1v) is 5.14. The average Bonchev–Trinajstić information content (AvgIpc) is 2.61. The van der Waals surface area contributed by atoms with E-state index in [4.69, 9.17) is 0 Å². The summed E-state index contributed by atoms with van der Waals surface area (Å²) in [4.78, 5) is 4.96. The first kappa shape index (κ1) is 9.19. The van der Waals surface area contributed by atoms with Crippen LogP contribution in [0.4, 0.5) is 0 Å². The lowest BCUT2D eigenvalue weighted by molar-refractivity contribution is 0.155. The van der Waals surface area contributed by atoms with Crippen LogP contribution in [-0.4, -0.2) is 62.2 Å². The highest BCUT2D eigenvalue weighted by Gasteiger charge is 2.21. The highest BCUT2D eigenvalue weighted by atomic mass is 15.2. The summed E-state index contributed by atoms with van der Waals surface area (Å²) in [6.45, 7) is 6.97. The zero-order chi connectivity index (χ0) is 9.10. The van der Waals surface area contributed by atoms with Gasteiger partial charge >= 0.3 is 0 Å². The Morgan fingerprint density at radius 1 is 1.38 bits per heavy atom. The topological polar surface area (TPSA) is 18.5 Å². The Hall–Kier alpha value is -0.380. The summed E-state index contributed by atoms with van der Waals surface area (Å²) in [5, 5.41) is 3.45. The predicted molar refractivity (Wildman–Crippen MR) is 54.9 cm³/mol. The Balaban J connectivity index is 1.78. The van der Waals surface area contributed by atoms with E-state index < -0.39 is 0 Å². The smallest absolute Gasteiger partial charge is 0.0345 e. The molecule has 74 valence electrons. The lowest BCUT2D eigenvalue weighted by Crippen LogP contribution is -2.53. The van der Waals surface area contributed by atoms with Gasteiger partial charge in [0.15, 0.2) is 0 Å². The van der Waals surface area contributed by atoms with Crippen molar-refractivity contribution in [2.75, 3.05) is 46.3 Å². The van der Waals surface area contributed by atoms with E-state index in [1.54, 1.807) is 0 Å². The minimum Gasteiger partial charge on any atom is -0.314 e. The van der Waals surface area contributed by atoms with Gasteiger partial charge < -0.3 is 5.32 Å². The number of piperazine rings is 1. The second kappa shape index (κ2) is 4.22. The van der Waals surface area contributed by atoms with Gasteiger partial charge in [0.25, 0.3) is 0 Å². The van der Waals surface area contributed by atoms with E-state index in [1.165, 1.54) is 13.1 Å². The molecule has 1 fully saturated rings. The van der Waals surface area contributed by atoms with Crippen LogP contribution in [0, 0.1) is 0 Å². The van der Waals surface area contributed by atoms with Crippen LogP contribution in [0.1, 0.15) is 0 Å². The van der Waals surface area contributed by atoms with Crippen LogP contribution in [0.25, 0.3) is 0 Å². The van der Waals surface area contributed by atoms with Crippen molar-refractivity contribution in [2.45, 2.75) is 6.04 Å². The third kappa shape index (κ3) is 2.30. The molecule has 0 aromatic rings. The Kier molecular flexibility index (Phi) is 2.98. The molecular formula is C10H19N3. The highest BCUT2D eigenvalue weighted by Crippen LogP contribution is 2.05. The summed E-state index contributed by atoms with van der Waals surface area (Å²) >= 11 is 0. The van der Waals surface area contributed by atoms with Crippen molar-refractivity contribution in [3.63, 3.8) is 0 Å². The van der Waals surface area contributed by atoms with Gasteiger partial charge in [0.05, 0.1) is 0 Å². The molecule has 0 aromatic carbocycles. The summed E-state index contributed by atoms with van der Waals surface area (Å²) in [6.07, 6.45) is 4.52. The van der Waals surface area contributed by atoms with Crippen molar-refractivity contribution in [2.24, 2.45) is 0 Å². The summed E-state index contributed by atoms with van der Waals surface area (Å²) in [5.41, 5.74) is 0. The number of rotatable bonds is 2. The van der Waals surface area contributed by atoms with Gasteiger partial charge in [0.2, 0.25) is 0 Å². The van der Waals surface area contributed by atoms with Crippen molar-refractivity contribution < 1.29 is 0 Å². The molecule has 2 rings (SSSR count). The largest absolute Gasteiger partial charge is 0.314 e. The summed E-state index contributed by atoms with van der Waals surface area (Å²) < 4.78 is 0. The Morgan fingerprint density at radius 3 is 2.85 bits per heavy atom. The molecule has 3 heteroatoms. The molecule has 1 atom stereocenters. The van der Waals surface area contributed by atoms with Gasteiger partial charge in [-0.1, -0.05) is 12.2 Å². The number of likely N-dealkylation sites (N-methyl/N-ethyl adjacent to an activating group) is 1. The molecule has 13 heavy (non-hydrogen) atoms. The van der Waals surface area contributed by atoms with Crippen LogP contribution in [0.5, 0.6) is 0 Å². The summed E-state index contributed by atoms with van der Waals surface area (Å²) in [5.74, 6) is 0. The van der Waals surface area contributed by atoms with Crippen molar-refractivity contribution >= 4 is 0 Å². The molecule has 2 aliphatic rings. The maximum absolute atomic E-state index is 3.45. The molecule has 0 aromatic heterocycles. The van der Waals surface area contributed by atoms with E-state index >= 15 is 0 Å². The van der Waals surface area contributed by atoms with Crippen molar-refractivity contribution in [1.29, 1.82) is 0 Å². The van der Waals surface area contributed by atoms with E-state index in [1.807, 2.05) is 0 Å².